The molecule has 1 aromatic carbocycles. The van der Waals surface area contributed by atoms with Crippen LogP contribution in [-0.2, 0) is 20.7 Å². The molecule has 0 aliphatic rings. The lowest BCUT2D eigenvalue weighted by Crippen LogP contribution is -2.51. The molecule has 0 spiro atoms. The molecule has 5 nitrogen and oxygen atoms in total. The maximum atomic E-state index is 12.0. The van der Waals surface area contributed by atoms with E-state index in [0.717, 1.165) is 5.56 Å². The molecular formula is C15H22N2O3. The summed E-state index contributed by atoms with van der Waals surface area (Å²) in [7, 11) is 1.30. The lowest BCUT2D eigenvalue weighted by atomic mass is 10.0. The summed E-state index contributed by atoms with van der Waals surface area (Å²) in [5, 5.41) is 2.65. The molecule has 0 aromatic heterocycles. The van der Waals surface area contributed by atoms with E-state index in [-0.39, 0.29) is 11.8 Å². The maximum absolute atomic E-state index is 12.0. The van der Waals surface area contributed by atoms with Gasteiger partial charge < -0.3 is 15.8 Å². The molecule has 1 aromatic rings. The van der Waals surface area contributed by atoms with Gasteiger partial charge in [-0.3, -0.25) is 4.79 Å². The van der Waals surface area contributed by atoms with E-state index < -0.39 is 18.1 Å². The van der Waals surface area contributed by atoms with Crippen LogP contribution in [0.2, 0.25) is 0 Å². The summed E-state index contributed by atoms with van der Waals surface area (Å²) >= 11 is 0. The lowest BCUT2D eigenvalue weighted by Gasteiger charge is -2.22. The number of carbonyl (C=O) groups excluding carboxylic acids is 2. The summed E-state index contributed by atoms with van der Waals surface area (Å²) in [6.07, 6.45) is 0.429. The number of nitrogens with one attached hydrogen (secondary N) is 1. The standard InChI is InChI=1S/C15H22N2O3/c1-10(2)13(15(19)20-3)17-14(18)12(16)9-11-7-5-4-6-8-11/h4-8,10,12-13H,9,16H2,1-3H3,(H,17,18)/t12-,13?/m1/s1. The van der Waals surface area contributed by atoms with Gasteiger partial charge in [0.25, 0.3) is 0 Å². The van der Waals surface area contributed by atoms with Gasteiger partial charge in [0.05, 0.1) is 13.2 Å². The monoisotopic (exact) mass is 278 g/mol. The van der Waals surface area contributed by atoms with E-state index in [4.69, 9.17) is 5.73 Å². The second kappa shape index (κ2) is 7.65. The van der Waals surface area contributed by atoms with Gasteiger partial charge in [-0.2, -0.15) is 0 Å². The van der Waals surface area contributed by atoms with Gasteiger partial charge in [-0.05, 0) is 17.9 Å². The third kappa shape index (κ3) is 4.66. The van der Waals surface area contributed by atoms with Crippen LogP contribution < -0.4 is 11.1 Å². The molecule has 0 saturated carbocycles. The molecule has 5 heteroatoms. The van der Waals surface area contributed by atoms with E-state index in [2.05, 4.69) is 10.1 Å². The SMILES string of the molecule is COC(=O)C(NC(=O)[C@H](N)Cc1ccccc1)C(C)C. The van der Waals surface area contributed by atoms with Crippen molar-refractivity contribution in [3.05, 3.63) is 35.9 Å². The first-order valence-corrected chi connectivity index (χ1v) is 6.63. The molecule has 1 rings (SSSR count). The number of nitrogens with two attached hydrogens (primary N) is 1. The van der Waals surface area contributed by atoms with Crippen LogP contribution in [-0.4, -0.2) is 31.1 Å². The maximum Gasteiger partial charge on any atom is 0.328 e. The highest BCUT2D eigenvalue weighted by atomic mass is 16.5. The minimum Gasteiger partial charge on any atom is -0.467 e. The third-order valence-electron chi connectivity index (χ3n) is 3.05. The summed E-state index contributed by atoms with van der Waals surface area (Å²) in [5.41, 5.74) is 6.86. The zero-order valence-corrected chi connectivity index (χ0v) is 12.1. The lowest BCUT2D eigenvalue weighted by molar-refractivity contribution is -0.146. The Balaban J connectivity index is 2.62. The minimum atomic E-state index is -0.691. The van der Waals surface area contributed by atoms with Crippen molar-refractivity contribution in [2.24, 2.45) is 11.7 Å². The molecule has 0 aliphatic carbocycles. The first-order chi connectivity index (χ1) is 9.45. The first-order valence-electron chi connectivity index (χ1n) is 6.63. The molecule has 110 valence electrons. The fourth-order valence-corrected chi connectivity index (χ4v) is 1.85. The highest BCUT2D eigenvalue weighted by Gasteiger charge is 2.27. The summed E-state index contributed by atoms with van der Waals surface area (Å²) in [4.78, 5) is 23.6. The van der Waals surface area contributed by atoms with Crippen LogP contribution in [0.4, 0.5) is 0 Å². The summed E-state index contributed by atoms with van der Waals surface area (Å²) in [6.45, 7) is 3.68. The van der Waals surface area contributed by atoms with Crippen LogP contribution >= 0.6 is 0 Å². The molecule has 0 saturated heterocycles. The average Bonchev–Trinajstić information content (AvgIpc) is 2.44. The number of hydrogen-bond donors (Lipinski definition) is 2. The Bertz CT molecular complexity index is 446. The number of amides is 1. The number of esters is 1. The fraction of sp³-hybridized carbons (Fsp3) is 0.467. The molecule has 0 heterocycles. The Labute approximate surface area is 119 Å². The smallest absolute Gasteiger partial charge is 0.328 e. The highest BCUT2D eigenvalue weighted by Crippen LogP contribution is 2.06. The summed E-state index contributed by atoms with van der Waals surface area (Å²) < 4.78 is 4.68. The molecule has 0 fully saturated rings. The number of carbonyl (C=O) groups is 2. The van der Waals surface area contributed by atoms with Gasteiger partial charge >= 0.3 is 5.97 Å². The van der Waals surface area contributed by atoms with Gasteiger partial charge in [-0.1, -0.05) is 44.2 Å². The Kier molecular flexibility index (Phi) is 6.18. The molecule has 3 N–H and O–H groups in total. The van der Waals surface area contributed by atoms with Crippen LogP contribution in [0.5, 0.6) is 0 Å². The third-order valence-corrected chi connectivity index (χ3v) is 3.05. The van der Waals surface area contributed by atoms with Crippen LogP contribution in [0.1, 0.15) is 19.4 Å². The largest absolute Gasteiger partial charge is 0.467 e. The van der Waals surface area contributed by atoms with E-state index in [1.165, 1.54) is 7.11 Å². The number of ether oxygens (including phenoxy) is 1. The topological polar surface area (TPSA) is 81.4 Å². The molecule has 0 aliphatic heterocycles. The molecule has 0 bridgehead atoms. The molecule has 1 unspecified atom stereocenters. The molecular weight excluding hydrogens is 256 g/mol. The predicted molar refractivity (Wildman–Crippen MR) is 76.9 cm³/mol. The van der Waals surface area contributed by atoms with Crippen molar-refractivity contribution >= 4 is 11.9 Å². The quantitative estimate of drug-likeness (QED) is 0.757. The number of rotatable bonds is 6. The Morgan fingerprint density at radius 2 is 1.85 bits per heavy atom. The predicted octanol–water partition coefficient (Wildman–Crippen LogP) is 0.870. The van der Waals surface area contributed by atoms with Crippen LogP contribution in [0.3, 0.4) is 0 Å². The second-order valence-electron chi connectivity index (χ2n) is 5.05. The van der Waals surface area contributed by atoms with Crippen molar-refractivity contribution in [2.45, 2.75) is 32.4 Å². The van der Waals surface area contributed by atoms with E-state index in [9.17, 15) is 9.59 Å². The van der Waals surface area contributed by atoms with Crippen LogP contribution in [0.25, 0.3) is 0 Å². The summed E-state index contributed by atoms with van der Waals surface area (Å²) in [6, 6.07) is 8.15. The van der Waals surface area contributed by atoms with Gasteiger partial charge in [-0.15, -0.1) is 0 Å². The van der Waals surface area contributed by atoms with E-state index >= 15 is 0 Å². The van der Waals surface area contributed by atoms with E-state index in [1.54, 1.807) is 0 Å². The normalized spacial score (nSPS) is 13.7. The van der Waals surface area contributed by atoms with Crippen LogP contribution in [0.15, 0.2) is 30.3 Å². The van der Waals surface area contributed by atoms with Crippen LogP contribution in [0, 0.1) is 5.92 Å². The van der Waals surface area contributed by atoms with E-state index in [1.807, 2.05) is 44.2 Å². The van der Waals surface area contributed by atoms with Crippen molar-refractivity contribution in [3.8, 4) is 0 Å². The van der Waals surface area contributed by atoms with Crippen molar-refractivity contribution in [1.29, 1.82) is 0 Å². The molecule has 1 amide bonds. The number of benzene rings is 1. The Morgan fingerprint density at radius 3 is 2.35 bits per heavy atom. The van der Waals surface area contributed by atoms with Gasteiger partial charge in [0.1, 0.15) is 6.04 Å². The Hall–Kier alpha value is -1.88. The number of hydrogen-bond acceptors (Lipinski definition) is 4. The highest BCUT2D eigenvalue weighted by molar-refractivity contribution is 5.87. The Morgan fingerprint density at radius 1 is 1.25 bits per heavy atom. The van der Waals surface area contributed by atoms with Crippen molar-refractivity contribution in [1.82, 2.24) is 5.32 Å². The van der Waals surface area contributed by atoms with E-state index in [0.29, 0.717) is 6.42 Å². The second-order valence-corrected chi connectivity index (χ2v) is 5.05. The minimum absolute atomic E-state index is 0.0599. The molecule has 0 radical (unpaired) electrons. The zero-order valence-electron chi connectivity index (χ0n) is 12.1. The van der Waals surface area contributed by atoms with Gasteiger partial charge in [0.15, 0.2) is 0 Å². The van der Waals surface area contributed by atoms with Crippen molar-refractivity contribution < 1.29 is 14.3 Å². The average molecular weight is 278 g/mol. The van der Waals surface area contributed by atoms with Gasteiger partial charge in [-0.25, -0.2) is 4.79 Å². The van der Waals surface area contributed by atoms with Gasteiger partial charge in [0, 0.05) is 0 Å². The molecule has 20 heavy (non-hydrogen) atoms. The van der Waals surface area contributed by atoms with Crippen molar-refractivity contribution in [2.75, 3.05) is 7.11 Å². The summed E-state index contributed by atoms with van der Waals surface area (Å²) in [5.74, 6) is -0.867. The molecule has 2 atom stereocenters. The van der Waals surface area contributed by atoms with Crippen molar-refractivity contribution in [3.63, 3.8) is 0 Å². The number of methoxy groups -OCH3 is 1. The zero-order chi connectivity index (χ0) is 15.1. The first kappa shape index (κ1) is 16.2. The fourth-order valence-electron chi connectivity index (χ4n) is 1.85. The van der Waals surface area contributed by atoms with Gasteiger partial charge in [0.2, 0.25) is 5.91 Å².